The largest absolute Gasteiger partial charge is 0.475 e. The molecule has 8 atom stereocenters. The van der Waals surface area contributed by atoms with Crippen molar-refractivity contribution in [1.82, 2.24) is 5.32 Å². The summed E-state index contributed by atoms with van der Waals surface area (Å²) in [7, 11) is 0. The van der Waals surface area contributed by atoms with E-state index in [9.17, 15) is 30.0 Å². The summed E-state index contributed by atoms with van der Waals surface area (Å²) in [6.45, 7) is 2.30. The van der Waals surface area contributed by atoms with Crippen LogP contribution in [0.2, 0.25) is 0 Å². The van der Waals surface area contributed by atoms with Crippen molar-refractivity contribution in [1.29, 1.82) is 0 Å². The topological polar surface area (TPSA) is 175 Å². The molecule has 2 rings (SSSR count). The van der Waals surface area contributed by atoms with Crippen LogP contribution in [-0.2, 0) is 23.8 Å². The van der Waals surface area contributed by atoms with Gasteiger partial charge in [-0.2, -0.15) is 0 Å². The molecule has 11 heteroatoms. The molecule has 2 aliphatic heterocycles. The molecule has 2 heterocycles. The highest BCUT2D eigenvalue weighted by atomic mass is 16.7. The number of aliphatic hydroxyl groups excluding tert-OH is 4. The van der Waals surface area contributed by atoms with Gasteiger partial charge in [0.25, 0.3) is 0 Å². The van der Waals surface area contributed by atoms with Gasteiger partial charge in [-0.15, -0.1) is 0 Å². The fourth-order valence-electron chi connectivity index (χ4n) is 2.92. The number of amides is 1. The van der Waals surface area contributed by atoms with Crippen molar-refractivity contribution in [2.75, 3.05) is 6.61 Å². The molecule has 0 bridgehead atoms. The highest BCUT2D eigenvalue weighted by Crippen LogP contribution is 2.28. The molecule has 1 fully saturated rings. The average molecular weight is 377 g/mol. The molecule has 0 saturated carbocycles. The average Bonchev–Trinajstić information content (AvgIpc) is 2.56. The maximum atomic E-state index is 11.5. The second kappa shape index (κ2) is 8.29. The first kappa shape index (κ1) is 20.6. The van der Waals surface area contributed by atoms with E-state index in [1.807, 2.05) is 0 Å². The Kier molecular flexibility index (Phi) is 6.55. The van der Waals surface area contributed by atoms with Crippen LogP contribution in [-0.4, -0.2) is 93.0 Å². The van der Waals surface area contributed by atoms with Crippen molar-refractivity contribution in [2.24, 2.45) is 0 Å². The maximum Gasteiger partial charge on any atom is 0.371 e. The normalized spacial score (nSPS) is 40.3. The van der Waals surface area contributed by atoms with Crippen molar-refractivity contribution < 1.29 is 49.3 Å². The van der Waals surface area contributed by atoms with E-state index in [4.69, 9.17) is 19.3 Å². The zero-order valence-electron chi connectivity index (χ0n) is 14.2. The summed E-state index contributed by atoms with van der Waals surface area (Å²) in [5.74, 6) is -2.54. The van der Waals surface area contributed by atoms with Crippen molar-refractivity contribution in [3.8, 4) is 0 Å². The summed E-state index contributed by atoms with van der Waals surface area (Å²) in [6.07, 6.45) is -8.33. The van der Waals surface area contributed by atoms with Crippen molar-refractivity contribution in [2.45, 2.75) is 62.8 Å². The Balaban J connectivity index is 2.24. The third kappa shape index (κ3) is 4.31. The quantitative estimate of drug-likeness (QED) is 0.291. The second-order valence-electron chi connectivity index (χ2n) is 6.18. The molecular formula is C15H23NO10. The second-order valence-corrected chi connectivity index (χ2v) is 6.18. The Bertz CT molecular complexity index is 567. The SMILES string of the molecule is CC(=O)NC1[C@H](C)OC(CO)[C@H](O)[C@@H]1O[C@@H]1OC(C(=O)O)=C[C@H](O)C1O. The molecule has 6 N–H and O–H groups in total. The molecule has 148 valence electrons. The number of carbonyl (C=O) groups is 2. The zero-order chi connectivity index (χ0) is 19.6. The smallest absolute Gasteiger partial charge is 0.371 e. The Morgan fingerprint density at radius 1 is 1.27 bits per heavy atom. The number of aliphatic carboxylic acids is 1. The number of ether oxygens (including phenoxy) is 3. The number of hydrogen-bond acceptors (Lipinski definition) is 9. The third-order valence-electron chi connectivity index (χ3n) is 4.21. The predicted molar refractivity (Wildman–Crippen MR) is 82.5 cm³/mol. The van der Waals surface area contributed by atoms with Crippen LogP contribution in [0.4, 0.5) is 0 Å². The van der Waals surface area contributed by atoms with E-state index in [1.165, 1.54) is 6.92 Å². The van der Waals surface area contributed by atoms with E-state index in [-0.39, 0.29) is 0 Å². The number of rotatable bonds is 5. The zero-order valence-corrected chi connectivity index (χ0v) is 14.2. The van der Waals surface area contributed by atoms with Gasteiger partial charge < -0.3 is 45.1 Å². The number of aliphatic hydroxyl groups is 4. The summed E-state index contributed by atoms with van der Waals surface area (Å²) >= 11 is 0. The van der Waals surface area contributed by atoms with E-state index in [1.54, 1.807) is 6.92 Å². The number of carboxylic acid groups (broad SMARTS) is 1. The molecule has 11 nitrogen and oxygen atoms in total. The molecule has 0 aromatic carbocycles. The van der Waals surface area contributed by atoms with Crippen LogP contribution < -0.4 is 5.32 Å². The first-order valence-corrected chi connectivity index (χ1v) is 8.00. The molecule has 1 saturated heterocycles. The minimum Gasteiger partial charge on any atom is -0.475 e. The van der Waals surface area contributed by atoms with Crippen LogP contribution in [0, 0.1) is 0 Å². The maximum absolute atomic E-state index is 11.5. The molecule has 1 amide bonds. The monoisotopic (exact) mass is 377 g/mol. The third-order valence-corrected chi connectivity index (χ3v) is 4.21. The van der Waals surface area contributed by atoms with Crippen molar-refractivity contribution in [3.05, 3.63) is 11.8 Å². The Morgan fingerprint density at radius 3 is 2.46 bits per heavy atom. The van der Waals surface area contributed by atoms with Gasteiger partial charge in [0.15, 0.2) is 0 Å². The molecule has 26 heavy (non-hydrogen) atoms. The Morgan fingerprint density at radius 2 is 1.92 bits per heavy atom. The van der Waals surface area contributed by atoms with E-state index < -0.39 is 73.2 Å². The Labute approximate surface area is 148 Å². The fourth-order valence-corrected chi connectivity index (χ4v) is 2.92. The van der Waals surface area contributed by atoms with E-state index >= 15 is 0 Å². The molecule has 3 unspecified atom stereocenters. The van der Waals surface area contributed by atoms with Crippen molar-refractivity contribution in [3.63, 3.8) is 0 Å². The number of nitrogens with one attached hydrogen (secondary N) is 1. The van der Waals surface area contributed by atoms with Gasteiger partial charge in [-0.25, -0.2) is 4.79 Å². The molecular weight excluding hydrogens is 354 g/mol. The van der Waals surface area contributed by atoms with Gasteiger partial charge in [-0.1, -0.05) is 0 Å². The number of hydrogen-bond donors (Lipinski definition) is 6. The lowest BCUT2D eigenvalue weighted by molar-refractivity contribution is -0.276. The Hall–Kier alpha value is -1.76. The summed E-state index contributed by atoms with van der Waals surface area (Å²) in [5, 5.41) is 51.1. The lowest BCUT2D eigenvalue weighted by Crippen LogP contribution is -2.65. The summed E-state index contributed by atoms with van der Waals surface area (Å²) in [6, 6.07) is -0.877. The van der Waals surface area contributed by atoms with Gasteiger partial charge in [0.1, 0.15) is 30.5 Å². The summed E-state index contributed by atoms with van der Waals surface area (Å²) in [4.78, 5) is 22.5. The molecule has 0 radical (unpaired) electrons. The van der Waals surface area contributed by atoms with Crippen LogP contribution in [0.15, 0.2) is 11.8 Å². The van der Waals surface area contributed by atoms with Crippen LogP contribution >= 0.6 is 0 Å². The van der Waals surface area contributed by atoms with Gasteiger partial charge in [0, 0.05) is 6.92 Å². The van der Waals surface area contributed by atoms with E-state index in [0.29, 0.717) is 0 Å². The highest BCUT2D eigenvalue weighted by molar-refractivity contribution is 5.84. The van der Waals surface area contributed by atoms with Crippen molar-refractivity contribution >= 4 is 11.9 Å². The van der Waals surface area contributed by atoms with Gasteiger partial charge in [-0.3, -0.25) is 4.79 Å². The first-order chi connectivity index (χ1) is 12.1. The standard InChI is InChI=1S/C15H23NO10/c1-5-10(16-6(2)18)13(12(21)9(4-17)24-5)26-15-11(20)7(19)3-8(25-15)14(22)23/h3,5,7,9-13,15,17,19-21H,4H2,1-2H3,(H,16,18)(H,22,23)/t5-,7-,9?,10?,11?,12-,13+,15-/m0/s1. The van der Waals surface area contributed by atoms with Gasteiger partial charge in [0.05, 0.1) is 18.8 Å². The molecule has 0 aliphatic carbocycles. The lowest BCUT2D eigenvalue weighted by atomic mass is 9.93. The summed E-state index contributed by atoms with van der Waals surface area (Å²) < 4.78 is 16.0. The van der Waals surface area contributed by atoms with E-state index in [0.717, 1.165) is 6.08 Å². The minimum absolute atomic E-state index is 0.440. The van der Waals surface area contributed by atoms with Crippen LogP contribution in [0.25, 0.3) is 0 Å². The van der Waals surface area contributed by atoms with Crippen LogP contribution in [0.5, 0.6) is 0 Å². The molecule has 0 aromatic rings. The molecule has 0 aromatic heterocycles. The predicted octanol–water partition coefficient (Wildman–Crippen LogP) is -2.94. The number of carbonyl (C=O) groups excluding carboxylic acids is 1. The minimum atomic E-state index is -1.63. The van der Waals surface area contributed by atoms with E-state index in [2.05, 4.69) is 5.32 Å². The first-order valence-electron chi connectivity index (χ1n) is 8.00. The van der Waals surface area contributed by atoms with Crippen LogP contribution in [0.1, 0.15) is 13.8 Å². The molecule has 0 spiro atoms. The number of carboxylic acids is 1. The van der Waals surface area contributed by atoms with Gasteiger partial charge in [-0.05, 0) is 13.0 Å². The molecule has 2 aliphatic rings. The van der Waals surface area contributed by atoms with Gasteiger partial charge in [0.2, 0.25) is 18.0 Å². The fraction of sp³-hybridized carbons (Fsp3) is 0.733. The van der Waals surface area contributed by atoms with Gasteiger partial charge >= 0.3 is 5.97 Å². The summed E-state index contributed by atoms with van der Waals surface area (Å²) in [5.41, 5.74) is 0. The highest BCUT2D eigenvalue weighted by Gasteiger charge is 2.48. The lowest BCUT2D eigenvalue weighted by Gasteiger charge is -2.45. The van der Waals surface area contributed by atoms with Crippen LogP contribution in [0.3, 0.4) is 0 Å².